The third kappa shape index (κ3) is 3.39. The molecule has 1 atom stereocenters. The summed E-state index contributed by atoms with van der Waals surface area (Å²) >= 11 is 0. The first-order valence-electron chi connectivity index (χ1n) is 6.83. The third-order valence-electron chi connectivity index (χ3n) is 3.82. The summed E-state index contributed by atoms with van der Waals surface area (Å²) in [7, 11) is 4.79. The van der Waals surface area contributed by atoms with Gasteiger partial charge in [-0.15, -0.1) is 0 Å². The topological polar surface area (TPSA) is 68.2 Å². The van der Waals surface area contributed by atoms with Gasteiger partial charge in [0.25, 0.3) is 0 Å². The minimum absolute atomic E-state index is 0.291. The molecule has 2 rings (SSSR count). The summed E-state index contributed by atoms with van der Waals surface area (Å²) in [5.74, 6) is 1.01. The van der Waals surface area contributed by atoms with Gasteiger partial charge in [0.15, 0.2) is 0 Å². The van der Waals surface area contributed by atoms with Gasteiger partial charge in [-0.05, 0) is 13.0 Å². The van der Waals surface area contributed by atoms with E-state index >= 15 is 0 Å². The second-order valence-electron chi connectivity index (χ2n) is 5.07. The first-order valence-corrected chi connectivity index (χ1v) is 6.83. The Labute approximate surface area is 124 Å². The van der Waals surface area contributed by atoms with Crippen molar-refractivity contribution in [3.05, 3.63) is 17.7 Å². The number of hydrogen-bond donors (Lipinski definition) is 1. The lowest BCUT2D eigenvalue weighted by molar-refractivity contribution is -0.141. The highest BCUT2D eigenvalue weighted by molar-refractivity contribution is 5.70. The normalized spacial score (nSPS) is 18.5. The zero-order chi connectivity index (χ0) is 15.4. The number of likely N-dealkylation sites (tertiary alicyclic amines) is 1. The molecule has 0 radical (unpaired) electrons. The van der Waals surface area contributed by atoms with Crippen molar-refractivity contribution >= 4 is 5.97 Å². The average molecular weight is 295 g/mol. The second kappa shape index (κ2) is 6.67. The molecular weight excluding hydrogens is 274 g/mol. The zero-order valence-corrected chi connectivity index (χ0v) is 12.6. The molecule has 1 aliphatic rings. The Morgan fingerprint density at radius 1 is 1.24 bits per heavy atom. The number of aliphatic carboxylic acids is 1. The fourth-order valence-electron chi connectivity index (χ4n) is 2.64. The van der Waals surface area contributed by atoms with Crippen molar-refractivity contribution in [2.75, 3.05) is 34.4 Å². The van der Waals surface area contributed by atoms with Gasteiger partial charge in [-0.3, -0.25) is 9.69 Å². The molecule has 1 unspecified atom stereocenters. The van der Waals surface area contributed by atoms with E-state index < -0.39 is 5.97 Å². The molecule has 6 nitrogen and oxygen atoms in total. The van der Waals surface area contributed by atoms with Crippen LogP contribution >= 0.6 is 0 Å². The van der Waals surface area contributed by atoms with Gasteiger partial charge >= 0.3 is 5.97 Å². The smallest absolute Gasteiger partial charge is 0.307 e. The van der Waals surface area contributed by atoms with E-state index in [1.165, 1.54) is 0 Å². The minimum atomic E-state index is -0.730. The molecule has 0 saturated carbocycles. The van der Waals surface area contributed by atoms with E-state index in [-0.39, 0.29) is 5.92 Å². The molecule has 0 amide bonds. The van der Waals surface area contributed by atoms with Crippen LogP contribution in [0.25, 0.3) is 0 Å². The minimum Gasteiger partial charge on any atom is -0.496 e. The van der Waals surface area contributed by atoms with Crippen molar-refractivity contribution in [1.82, 2.24) is 4.90 Å². The fraction of sp³-hybridized carbons (Fsp3) is 0.533. The van der Waals surface area contributed by atoms with E-state index in [0.29, 0.717) is 36.8 Å². The van der Waals surface area contributed by atoms with Crippen molar-refractivity contribution < 1.29 is 24.1 Å². The zero-order valence-electron chi connectivity index (χ0n) is 12.6. The van der Waals surface area contributed by atoms with Crippen LogP contribution in [-0.2, 0) is 11.3 Å². The maximum absolute atomic E-state index is 11.0. The molecule has 0 spiro atoms. The highest BCUT2D eigenvalue weighted by Crippen LogP contribution is 2.35. The summed E-state index contributed by atoms with van der Waals surface area (Å²) in [6.45, 7) is 1.91. The highest BCUT2D eigenvalue weighted by Gasteiger charge is 2.29. The summed E-state index contributed by atoms with van der Waals surface area (Å²) in [6, 6.07) is 3.62. The van der Waals surface area contributed by atoms with Gasteiger partial charge in [0.1, 0.15) is 17.2 Å². The van der Waals surface area contributed by atoms with Gasteiger partial charge in [0.2, 0.25) is 0 Å². The van der Waals surface area contributed by atoms with Crippen LogP contribution in [0.3, 0.4) is 0 Å². The Bertz CT molecular complexity index is 492. The van der Waals surface area contributed by atoms with Gasteiger partial charge in [0.05, 0.1) is 32.8 Å². The molecule has 1 fully saturated rings. The molecule has 0 aromatic heterocycles. The fourth-order valence-corrected chi connectivity index (χ4v) is 2.64. The number of benzene rings is 1. The van der Waals surface area contributed by atoms with E-state index in [9.17, 15) is 4.79 Å². The first-order chi connectivity index (χ1) is 10.1. The molecule has 1 heterocycles. The van der Waals surface area contributed by atoms with Crippen LogP contribution in [0, 0.1) is 5.92 Å². The number of carbonyl (C=O) groups is 1. The third-order valence-corrected chi connectivity index (χ3v) is 3.82. The lowest BCUT2D eigenvalue weighted by Gasteiger charge is -2.20. The monoisotopic (exact) mass is 295 g/mol. The van der Waals surface area contributed by atoms with Gasteiger partial charge < -0.3 is 19.3 Å². The standard InChI is InChI=1S/C15H21NO5/c1-19-11-6-13(20-2)12(14(7-11)21-3)9-16-5-4-10(8-16)15(17)18/h6-7,10H,4-5,8-9H2,1-3H3,(H,17,18). The van der Waals surface area contributed by atoms with Crippen molar-refractivity contribution in [3.8, 4) is 17.2 Å². The summed E-state index contributed by atoms with van der Waals surface area (Å²) in [6.07, 6.45) is 0.677. The molecular formula is C15H21NO5. The Morgan fingerprint density at radius 3 is 2.29 bits per heavy atom. The summed E-state index contributed by atoms with van der Waals surface area (Å²) < 4.78 is 16.0. The summed E-state index contributed by atoms with van der Waals surface area (Å²) in [5, 5.41) is 9.07. The number of carboxylic acids is 1. The largest absolute Gasteiger partial charge is 0.496 e. The molecule has 0 bridgehead atoms. The molecule has 1 aliphatic heterocycles. The molecule has 6 heteroatoms. The van der Waals surface area contributed by atoms with Crippen LogP contribution in [-0.4, -0.2) is 50.4 Å². The lowest BCUT2D eigenvalue weighted by atomic mass is 10.1. The lowest BCUT2D eigenvalue weighted by Crippen LogP contribution is -2.23. The maximum atomic E-state index is 11.0. The Hall–Kier alpha value is -1.95. The number of nitrogens with zero attached hydrogens (tertiary/aromatic N) is 1. The van der Waals surface area contributed by atoms with Crippen molar-refractivity contribution in [2.45, 2.75) is 13.0 Å². The first kappa shape index (κ1) is 15.4. The Balaban J connectivity index is 2.21. The van der Waals surface area contributed by atoms with Crippen LogP contribution in [0.4, 0.5) is 0 Å². The summed E-state index contributed by atoms with van der Waals surface area (Å²) in [5.41, 5.74) is 0.909. The number of methoxy groups -OCH3 is 3. The average Bonchev–Trinajstić information content (AvgIpc) is 2.96. The van der Waals surface area contributed by atoms with Crippen molar-refractivity contribution in [1.29, 1.82) is 0 Å². The van der Waals surface area contributed by atoms with E-state index in [1.807, 2.05) is 12.1 Å². The van der Waals surface area contributed by atoms with Crippen LogP contribution < -0.4 is 14.2 Å². The van der Waals surface area contributed by atoms with Gasteiger partial charge in [-0.2, -0.15) is 0 Å². The van der Waals surface area contributed by atoms with Crippen molar-refractivity contribution in [2.24, 2.45) is 5.92 Å². The number of rotatable bonds is 6. The predicted molar refractivity (Wildman–Crippen MR) is 77.1 cm³/mol. The van der Waals surface area contributed by atoms with Crippen LogP contribution in [0.15, 0.2) is 12.1 Å². The number of hydrogen-bond acceptors (Lipinski definition) is 5. The molecule has 1 aromatic carbocycles. The number of ether oxygens (including phenoxy) is 3. The van der Waals surface area contributed by atoms with Crippen LogP contribution in [0.5, 0.6) is 17.2 Å². The molecule has 0 aliphatic carbocycles. The van der Waals surface area contributed by atoms with Crippen LogP contribution in [0.1, 0.15) is 12.0 Å². The van der Waals surface area contributed by atoms with E-state index in [2.05, 4.69) is 4.90 Å². The SMILES string of the molecule is COc1cc(OC)c(CN2CCC(C(=O)O)C2)c(OC)c1. The molecule has 1 saturated heterocycles. The van der Waals surface area contributed by atoms with Crippen LogP contribution in [0.2, 0.25) is 0 Å². The molecule has 1 aromatic rings. The summed E-state index contributed by atoms with van der Waals surface area (Å²) in [4.78, 5) is 13.1. The van der Waals surface area contributed by atoms with E-state index in [1.54, 1.807) is 21.3 Å². The number of carboxylic acid groups (broad SMARTS) is 1. The van der Waals surface area contributed by atoms with Gasteiger partial charge in [-0.1, -0.05) is 0 Å². The maximum Gasteiger partial charge on any atom is 0.307 e. The van der Waals surface area contributed by atoms with Gasteiger partial charge in [0, 0.05) is 25.2 Å². The second-order valence-corrected chi connectivity index (χ2v) is 5.07. The van der Waals surface area contributed by atoms with Crippen molar-refractivity contribution in [3.63, 3.8) is 0 Å². The van der Waals surface area contributed by atoms with E-state index in [4.69, 9.17) is 19.3 Å². The van der Waals surface area contributed by atoms with Gasteiger partial charge in [-0.25, -0.2) is 0 Å². The quantitative estimate of drug-likeness (QED) is 0.860. The Kier molecular flexibility index (Phi) is 4.90. The Morgan fingerprint density at radius 2 is 1.86 bits per heavy atom. The molecule has 21 heavy (non-hydrogen) atoms. The molecule has 116 valence electrons. The van der Waals surface area contributed by atoms with E-state index in [0.717, 1.165) is 12.1 Å². The highest BCUT2D eigenvalue weighted by atomic mass is 16.5. The predicted octanol–water partition coefficient (Wildman–Crippen LogP) is 1.62. The molecule has 1 N–H and O–H groups in total.